The second kappa shape index (κ2) is 5.90. The van der Waals surface area contributed by atoms with E-state index in [2.05, 4.69) is 66.2 Å². The topological polar surface area (TPSA) is 0 Å². The minimum absolute atomic E-state index is 0.475. The third-order valence-electron chi connectivity index (χ3n) is 3.54. The summed E-state index contributed by atoms with van der Waals surface area (Å²) in [5.41, 5.74) is 2.69. The van der Waals surface area contributed by atoms with Gasteiger partial charge in [0, 0.05) is 9.50 Å². The lowest BCUT2D eigenvalue weighted by Crippen LogP contribution is -2.04. The average molecular weight is 324 g/mol. The maximum absolute atomic E-state index is 5.93. The van der Waals surface area contributed by atoms with Crippen LogP contribution in [0, 0.1) is 0 Å². The summed E-state index contributed by atoms with van der Waals surface area (Å²) >= 11 is 9.39. The van der Waals surface area contributed by atoms with Gasteiger partial charge in [0.2, 0.25) is 0 Å². The second-order valence-corrected chi connectivity index (χ2v) is 6.03. The normalized spacial score (nSPS) is 14.2. The van der Waals surface area contributed by atoms with Crippen molar-refractivity contribution >= 4 is 27.5 Å². The maximum atomic E-state index is 5.93. The SMILES string of the molecule is CC(c1ccc(Cl)cc1)C(C)c1ccc(Br)cc1. The van der Waals surface area contributed by atoms with E-state index in [1.54, 1.807) is 0 Å². The van der Waals surface area contributed by atoms with Crippen LogP contribution in [0.4, 0.5) is 0 Å². The molecule has 2 aromatic rings. The highest BCUT2D eigenvalue weighted by atomic mass is 79.9. The van der Waals surface area contributed by atoms with E-state index in [-0.39, 0.29) is 0 Å². The van der Waals surface area contributed by atoms with Crippen molar-refractivity contribution in [1.82, 2.24) is 0 Å². The van der Waals surface area contributed by atoms with Gasteiger partial charge in [-0.1, -0.05) is 65.6 Å². The van der Waals surface area contributed by atoms with Crippen molar-refractivity contribution in [3.8, 4) is 0 Å². The Hall–Kier alpha value is -0.790. The molecule has 0 aliphatic heterocycles. The van der Waals surface area contributed by atoms with Gasteiger partial charge in [-0.3, -0.25) is 0 Å². The number of hydrogen-bond acceptors (Lipinski definition) is 0. The van der Waals surface area contributed by atoms with Gasteiger partial charge in [0.05, 0.1) is 0 Å². The van der Waals surface area contributed by atoms with Crippen molar-refractivity contribution in [2.24, 2.45) is 0 Å². The van der Waals surface area contributed by atoms with E-state index in [0.29, 0.717) is 11.8 Å². The Morgan fingerprint density at radius 2 is 1.17 bits per heavy atom. The first-order chi connectivity index (χ1) is 8.58. The molecular weight excluding hydrogens is 308 g/mol. The van der Waals surface area contributed by atoms with Crippen LogP contribution in [-0.4, -0.2) is 0 Å². The molecule has 94 valence electrons. The third kappa shape index (κ3) is 3.15. The van der Waals surface area contributed by atoms with Crippen LogP contribution in [0.5, 0.6) is 0 Å². The quantitative estimate of drug-likeness (QED) is 0.649. The molecule has 0 radical (unpaired) electrons. The van der Waals surface area contributed by atoms with E-state index in [9.17, 15) is 0 Å². The molecule has 0 bridgehead atoms. The Kier molecular flexibility index (Phi) is 4.47. The highest BCUT2D eigenvalue weighted by Crippen LogP contribution is 2.33. The highest BCUT2D eigenvalue weighted by Gasteiger charge is 2.16. The van der Waals surface area contributed by atoms with Gasteiger partial charge in [0.25, 0.3) is 0 Å². The fourth-order valence-electron chi connectivity index (χ4n) is 2.11. The summed E-state index contributed by atoms with van der Waals surface area (Å²) in [5.74, 6) is 0.961. The molecular formula is C16H16BrCl. The van der Waals surface area contributed by atoms with Crippen molar-refractivity contribution in [3.05, 3.63) is 69.2 Å². The molecule has 0 fully saturated rings. The minimum atomic E-state index is 0.475. The van der Waals surface area contributed by atoms with Gasteiger partial charge in [-0.25, -0.2) is 0 Å². The number of hydrogen-bond donors (Lipinski definition) is 0. The summed E-state index contributed by atoms with van der Waals surface area (Å²) < 4.78 is 1.12. The van der Waals surface area contributed by atoms with Crippen LogP contribution in [-0.2, 0) is 0 Å². The van der Waals surface area contributed by atoms with Crippen LogP contribution in [0.1, 0.15) is 36.8 Å². The number of halogens is 2. The van der Waals surface area contributed by atoms with Crippen molar-refractivity contribution in [2.45, 2.75) is 25.7 Å². The molecule has 0 spiro atoms. The molecule has 2 aromatic carbocycles. The van der Waals surface area contributed by atoms with Crippen LogP contribution >= 0.6 is 27.5 Å². The van der Waals surface area contributed by atoms with Crippen LogP contribution in [0.2, 0.25) is 5.02 Å². The first kappa shape index (κ1) is 13.6. The first-order valence-corrected chi connectivity index (χ1v) is 7.26. The molecule has 0 aromatic heterocycles. The Morgan fingerprint density at radius 3 is 1.61 bits per heavy atom. The van der Waals surface area contributed by atoms with Crippen molar-refractivity contribution in [1.29, 1.82) is 0 Å². The minimum Gasteiger partial charge on any atom is -0.0843 e. The largest absolute Gasteiger partial charge is 0.0843 e. The third-order valence-corrected chi connectivity index (χ3v) is 4.32. The van der Waals surface area contributed by atoms with E-state index in [4.69, 9.17) is 11.6 Å². The molecule has 18 heavy (non-hydrogen) atoms. The van der Waals surface area contributed by atoms with Crippen molar-refractivity contribution < 1.29 is 0 Å². The molecule has 0 saturated heterocycles. The summed E-state index contributed by atoms with van der Waals surface area (Å²) in [6.07, 6.45) is 0. The molecule has 2 heteroatoms. The molecule has 0 aliphatic rings. The van der Waals surface area contributed by atoms with Gasteiger partial charge in [0.1, 0.15) is 0 Å². The lowest BCUT2D eigenvalue weighted by molar-refractivity contribution is 0.623. The Labute approximate surface area is 122 Å². The predicted molar refractivity (Wildman–Crippen MR) is 82.4 cm³/mol. The second-order valence-electron chi connectivity index (χ2n) is 4.68. The maximum Gasteiger partial charge on any atom is 0.0406 e. The molecule has 0 amide bonds. The summed E-state index contributed by atoms with van der Waals surface area (Å²) in [7, 11) is 0. The van der Waals surface area contributed by atoms with Gasteiger partial charge in [-0.15, -0.1) is 0 Å². The number of benzene rings is 2. The zero-order chi connectivity index (χ0) is 13.1. The molecule has 0 nitrogen and oxygen atoms in total. The van der Waals surface area contributed by atoms with Crippen molar-refractivity contribution in [2.75, 3.05) is 0 Å². The molecule has 0 heterocycles. The summed E-state index contributed by atoms with van der Waals surface area (Å²) in [6, 6.07) is 16.7. The smallest absolute Gasteiger partial charge is 0.0406 e. The monoisotopic (exact) mass is 322 g/mol. The van der Waals surface area contributed by atoms with Gasteiger partial charge in [-0.05, 0) is 47.2 Å². The van der Waals surface area contributed by atoms with Gasteiger partial charge >= 0.3 is 0 Å². The van der Waals surface area contributed by atoms with Crippen LogP contribution in [0.25, 0.3) is 0 Å². The Balaban J connectivity index is 2.20. The van der Waals surface area contributed by atoms with E-state index in [1.807, 2.05) is 12.1 Å². The summed E-state index contributed by atoms with van der Waals surface area (Å²) in [5, 5.41) is 0.794. The molecule has 2 atom stereocenters. The van der Waals surface area contributed by atoms with E-state index in [1.165, 1.54) is 11.1 Å². The van der Waals surface area contributed by atoms with Crippen LogP contribution in [0.15, 0.2) is 53.0 Å². The van der Waals surface area contributed by atoms with E-state index in [0.717, 1.165) is 9.50 Å². The lowest BCUT2D eigenvalue weighted by atomic mass is 9.84. The number of rotatable bonds is 3. The first-order valence-electron chi connectivity index (χ1n) is 6.09. The molecule has 0 aliphatic carbocycles. The zero-order valence-electron chi connectivity index (χ0n) is 10.5. The fourth-order valence-corrected chi connectivity index (χ4v) is 2.50. The van der Waals surface area contributed by atoms with Gasteiger partial charge < -0.3 is 0 Å². The van der Waals surface area contributed by atoms with E-state index < -0.39 is 0 Å². The molecule has 0 N–H and O–H groups in total. The predicted octanol–water partition coefficient (Wildman–Crippen LogP) is 6.01. The van der Waals surface area contributed by atoms with E-state index >= 15 is 0 Å². The van der Waals surface area contributed by atoms with Gasteiger partial charge in [-0.2, -0.15) is 0 Å². The van der Waals surface area contributed by atoms with Gasteiger partial charge in [0.15, 0.2) is 0 Å². The standard InChI is InChI=1S/C16H16BrCl/c1-11(13-3-7-15(17)8-4-13)12(2)14-5-9-16(18)10-6-14/h3-12H,1-2H3. The van der Waals surface area contributed by atoms with Crippen molar-refractivity contribution in [3.63, 3.8) is 0 Å². The average Bonchev–Trinajstić information content (AvgIpc) is 2.39. The van der Waals surface area contributed by atoms with Crippen LogP contribution in [0.3, 0.4) is 0 Å². The van der Waals surface area contributed by atoms with Crippen LogP contribution < -0.4 is 0 Å². The summed E-state index contributed by atoms with van der Waals surface area (Å²) in [6.45, 7) is 4.53. The zero-order valence-corrected chi connectivity index (χ0v) is 12.9. The molecule has 2 rings (SSSR count). The molecule has 2 unspecified atom stereocenters. The Bertz CT molecular complexity index is 452. The fraction of sp³-hybridized carbons (Fsp3) is 0.250. The molecule has 0 saturated carbocycles. The lowest BCUT2D eigenvalue weighted by Gasteiger charge is -2.21. The summed E-state index contributed by atoms with van der Waals surface area (Å²) in [4.78, 5) is 0. The highest BCUT2D eigenvalue weighted by molar-refractivity contribution is 9.10. The Morgan fingerprint density at radius 1 is 0.778 bits per heavy atom.